The molecular formula is C36H59N5O13S. The van der Waals surface area contributed by atoms with Crippen molar-refractivity contribution in [3.8, 4) is 0 Å². The van der Waals surface area contributed by atoms with Gasteiger partial charge in [0.25, 0.3) is 0 Å². The molecule has 4 atom stereocenters. The van der Waals surface area contributed by atoms with Crippen molar-refractivity contribution >= 4 is 60.4 Å². The van der Waals surface area contributed by atoms with E-state index in [1.807, 2.05) is 0 Å². The van der Waals surface area contributed by atoms with Crippen molar-refractivity contribution in [2.24, 2.45) is 0 Å². The van der Waals surface area contributed by atoms with Gasteiger partial charge in [-0.3, -0.25) is 19.3 Å². The number of nitrogens with zero attached hydrogens (tertiary/aromatic N) is 1. The van der Waals surface area contributed by atoms with Gasteiger partial charge in [-0.05, 0) is 79.4 Å². The zero-order valence-electron chi connectivity index (χ0n) is 32.8. The summed E-state index contributed by atoms with van der Waals surface area (Å²) < 4.78 is 24.7. The van der Waals surface area contributed by atoms with Gasteiger partial charge in [0.2, 0.25) is 17.7 Å². The predicted molar refractivity (Wildman–Crippen MR) is 200 cm³/mol. The molecule has 312 valence electrons. The van der Waals surface area contributed by atoms with E-state index in [0.29, 0.717) is 90.0 Å². The standard InChI is InChI=1S/C14H22N2O5.C14H24N2O5.C8H13NO3S/c1-14(2,3)21-13(19)16-7-4-5-10(16)11(17)15-9-6-8-20-12(9)18;1-14(2,3)21-13(19)15-8-5-4-6-11(17)16-10-7-9-20-12(10)18;10-7(2-1-5-13)9-6-3-4-12-8(6)11/h9-10H,4-8H2,1-3H3,(H,15,17);10H,4-9H2,1-3H3,(H,15,19)(H,16,17);6,13H,1-5H2,(H,9,10)/t9-,10?;10-;6-/m111/s1. The molecule has 0 spiro atoms. The first-order valence-electron chi connectivity index (χ1n) is 18.8. The number of carbonyl (C=O) groups excluding carboxylic acids is 8. The van der Waals surface area contributed by atoms with E-state index in [0.717, 1.165) is 12.8 Å². The molecular weight excluding hydrogens is 742 g/mol. The predicted octanol–water partition coefficient (Wildman–Crippen LogP) is 2.06. The molecule has 0 bridgehead atoms. The average Bonchev–Trinajstić information content (AvgIpc) is 3.90. The molecule has 1 unspecified atom stereocenters. The van der Waals surface area contributed by atoms with Crippen molar-refractivity contribution in [1.29, 1.82) is 0 Å². The maximum Gasteiger partial charge on any atom is 0.410 e. The first-order chi connectivity index (χ1) is 25.8. The maximum absolute atomic E-state index is 12.3. The average molecular weight is 802 g/mol. The first kappa shape index (κ1) is 46.9. The second-order valence-corrected chi connectivity index (χ2v) is 15.7. The van der Waals surface area contributed by atoms with Crippen LogP contribution in [0.5, 0.6) is 0 Å². The van der Waals surface area contributed by atoms with Gasteiger partial charge in [0.15, 0.2) is 0 Å². The smallest absolute Gasteiger partial charge is 0.410 e. The van der Waals surface area contributed by atoms with E-state index >= 15 is 0 Å². The van der Waals surface area contributed by atoms with Crippen molar-refractivity contribution in [3.05, 3.63) is 0 Å². The van der Waals surface area contributed by atoms with Gasteiger partial charge >= 0.3 is 30.1 Å². The van der Waals surface area contributed by atoms with Crippen molar-refractivity contribution in [2.75, 3.05) is 38.7 Å². The summed E-state index contributed by atoms with van der Waals surface area (Å²) in [6, 6.07) is -2.10. The minimum absolute atomic E-state index is 0.0992. The van der Waals surface area contributed by atoms with Crippen molar-refractivity contribution in [3.63, 3.8) is 0 Å². The van der Waals surface area contributed by atoms with E-state index in [2.05, 4.69) is 33.9 Å². The highest BCUT2D eigenvalue weighted by atomic mass is 32.1. The Labute approximate surface area is 327 Å². The Kier molecular flexibility index (Phi) is 19.5. The maximum atomic E-state index is 12.3. The van der Waals surface area contributed by atoms with E-state index in [-0.39, 0.29) is 29.7 Å². The zero-order valence-corrected chi connectivity index (χ0v) is 33.7. The lowest BCUT2D eigenvalue weighted by atomic mass is 10.1. The third-order valence-corrected chi connectivity index (χ3v) is 8.35. The largest absolute Gasteiger partial charge is 0.464 e. The normalized spacial score (nSPS) is 21.7. The fraction of sp³-hybridized carbons (Fsp3) is 0.778. The van der Waals surface area contributed by atoms with E-state index in [9.17, 15) is 38.4 Å². The fourth-order valence-electron chi connectivity index (χ4n) is 5.41. The summed E-state index contributed by atoms with van der Waals surface area (Å²) in [6.07, 6.45) is 4.74. The molecule has 4 aliphatic rings. The van der Waals surface area contributed by atoms with Gasteiger partial charge in [-0.1, -0.05) is 0 Å². The Balaban J connectivity index is 0.000000294. The summed E-state index contributed by atoms with van der Waals surface area (Å²) in [6.45, 7) is 12.8. The van der Waals surface area contributed by atoms with Crippen LogP contribution in [-0.4, -0.2) is 127 Å². The van der Waals surface area contributed by atoms with Crippen molar-refractivity contribution < 1.29 is 62.0 Å². The molecule has 4 rings (SSSR count). The summed E-state index contributed by atoms with van der Waals surface area (Å²) >= 11 is 3.99. The molecule has 19 heteroatoms. The molecule has 4 saturated heterocycles. The number of nitrogens with one attached hydrogen (secondary N) is 4. The summed E-state index contributed by atoms with van der Waals surface area (Å²) in [5, 5.41) is 10.5. The van der Waals surface area contributed by atoms with E-state index in [1.54, 1.807) is 41.5 Å². The number of hydrogen-bond donors (Lipinski definition) is 5. The highest BCUT2D eigenvalue weighted by molar-refractivity contribution is 7.80. The van der Waals surface area contributed by atoms with Gasteiger partial charge in [-0.2, -0.15) is 12.6 Å². The summed E-state index contributed by atoms with van der Waals surface area (Å²) in [7, 11) is 0. The van der Waals surface area contributed by atoms with Crippen LogP contribution >= 0.6 is 12.6 Å². The van der Waals surface area contributed by atoms with Gasteiger partial charge in [0.05, 0.1) is 19.8 Å². The van der Waals surface area contributed by atoms with Crippen molar-refractivity contribution in [1.82, 2.24) is 26.2 Å². The minimum Gasteiger partial charge on any atom is -0.464 e. The van der Waals surface area contributed by atoms with Gasteiger partial charge in [0, 0.05) is 45.2 Å². The van der Waals surface area contributed by atoms with Crippen LogP contribution in [0, 0.1) is 0 Å². The Bertz CT molecular complexity index is 1350. The van der Waals surface area contributed by atoms with Gasteiger partial charge < -0.3 is 45.0 Å². The van der Waals surface area contributed by atoms with E-state index < -0.39 is 53.5 Å². The van der Waals surface area contributed by atoms with E-state index in [1.165, 1.54) is 4.90 Å². The fourth-order valence-corrected chi connectivity index (χ4v) is 5.57. The lowest BCUT2D eigenvalue weighted by molar-refractivity contribution is -0.142. The minimum atomic E-state index is -0.601. The molecule has 4 fully saturated rings. The summed E-state index contributed by atoms with van der Waals surface area (Å²) in [5.41, 5.74) is -1.12. The number of ether oxygens (including phenoxy) is 5. The number of hydrogen-bond acceptors (Lipinski definition) is 14. The molecule has 5 amide bonds. The van der Waals surface area contributed by atoms with Crippen LogP contribution in [0.25, 0.3) is 0 Å². The number of thiol groups is 1. The van der Waals surface area contributed by atoms with Crippen molar-refractivity contribution in [2.45, 2.75) is 141 Å². The number of rotatable bonds is 12. The Hall–Kier alpha value is -4.29. The third-order valence-electron chi connectivity index (χ3n) is 8.04. The van der Waals surface area contributed by atoms with Gasteiger partial charge in [-0.25, -0.2) is 24.0 Å². The molecule has 0 saturated carbocycles. The molecule has 18 nitrogen and oxygen atoms in total. The van der Waals surface area contributed by atoms with Gasteiger partial charge in [0.1, 0.15) is 35.4 Å². The second-order valence-electron chi connectivity index (χ2n) is 15.2. The summed E-state index contributed by atoms with van der Waals surface area (Å²) in [4.78, 5) is 93.4. The van der Waals surface area contributed by atoms with Crippen LogP contribution in [0.15, 0.2) is 0 Å². The van der Waals surface area contributed by atoms with Gasteiger partial charge in [-0.15, -0.1) is 0 Å². The number of esters is 3. The zero-order chi connectivity index (χ0) is 41.2. The number of unbranched alkanes of at least 4 members (excludes halogenated alkanes) is 1. The SMILES string of the molecule is CC(C)(C)OC(=O)N1CCCC1C(=O)N[C@@H]1CCOC1=O.CC(C)(C)OC(=O)NCCCCC(=O)N[C@@H]1CCOC1=O.O=C(CCCS)N[C@@H]1CCOC1=O. The van der Waals surface area contributed by atoms with Crippen LogP contribution < -0.4 is 21.3 Å². The van der Waals surface area contributed by atoms with Crippen LogP contribution in [0.4, 0.5) is 9.59 Å². The molecule has 0 radical (unpaired) electrons. The number of cyclic esters (lactones) is 3. The molecule has 0 aromatic heterocycles. The highest BCUT2D eigenvalue weighted by Gasteiger charge is 2.39. The quantitative estimate of drug-likeness (QED) is 0.0824. The molecule has 0 aromatic rings. The Morgan fingerprint density at radius 1 is 0.691 bits per heavy atom. The Morgan fingerprint density at radius 3 is 1.60 bits per heavy atom. The first-order valence-corrected chi connectivity index (χ1v) is 19.4. The van der Waals surface area contributed by atoms with Crippen LogP contribution in [0.2, 0.25) is 0 Å². The van der Waals surface area contributed by atoms with Crippen LogP contribution in [-0.2, 0) is 52.5 Å². The number of carbonyl (C=O) groups is 8. The third kappa shape index (κ3) is 18.7. The number of alkyl carbamates (subject to hydrolysis) is 1. The van der Waals surface area contributed by atoms with Crippen LogP contribution in [0.3, 0.4) is 0 Å². The number of likely N-dealkylation sites (tertiary alicyclic amines) is 1. The molecule has 0 aromatic carbocycles. The van der Waals surface area contributed by atoms with Crippen LogP contribution in [0.1, 0.15) is 106 Å². The molecule has 4 heterocycles. The summed E-state index contributed by atoms with van der Waals surface area (Å²) in [5.74, 6) is -1.00. The lowest BCUT2D eigenvalue weighted by Gasteiger charge is -2.28. The monoisotopic (exact) mass is 801 g/mol. The number of amides is 5. The Morgan fingerprint density at radius 2 is 1.16 bits per heavy atom. The van der Waals surface area contributed by atoms with E-state index in [4.69, 9.17) is 23.7 Å². The molecule has 0 aliphatic carbocycles. The highest BCUT2D eigenvalue weighted by Crippen LogP contribution is 2.22. The topological polar surface area (TPSA) is 234 Å². The second kappa shape index (κ2) is 22.9. The molecule has 4 aliphatic heterocycles. The lowest BCUT2D eigenvalue weighted by Crippen LogP contribution is -2.50. The molecule has 55 heavy (non-hydrogen) atoms. The molecule has 4 N–H and O–H groups in total.